The van der Waals surface area contributed by atoms with Crippen molar-refractivity contribution in [2.45, 2.75) is 20.3 Å². The Bertz CT molecular complexity index is 836. The molecule has 0 saturated carbocycles. The van der Waals surface area contributed by atoms with E-state index >= 15 is 0 Å². The number of nitrogens with zero attached hydrogens (tertiary/aromatic N) is 3. The highest BCUT2D eigenvalue weighted by atomic mass is 16.5. The van der Waals surface area contributed by atoms with E-state index in [4.69, 9.17) is 4.74 Å². The van der Waals surface area contributed by atoms with E-state index in [-0.39, 0.29) is 11.7 Å². The van der Waals surface area contributed by atoms with Gasteiger partial charge in [0.15, 0.2) is 5.82 Å². The maximum Gasteiger partial charge on any atom is 0.290 e. The number of benzene rings is 2. The Balaban J connectivity index is 1.94. The zero-order chi connectivity index (χ0) is 19.2. The fourth-order valence-electron chi connectivity index (χ4n) is 2.66. The Labute approximate surface area is 159 Å². The molecule has 0 saturated heterocycles. The van der Waals surface area contributed by atoms with E-state index in [0.717, 1.165) is 28.8 Å². The van der Waals surface area contributed by atoms with Crippen LogP contribution in [0.15, 0.2) is 48.5 Å². The summed E-state index contributed by atoms with van der Waals surface area (Å²) >= 11 is 0. The van der Waals surface area contributed by atoms with Gasteiger partial charge in [0.25, 0.3) is 5.91 Å². The van der Waals surface area contributed by atoms with Gasteiger partial charge >= 0.3 is 0 Å². The van der Waals surface area contributed by atoms with E-state index in [1.54, 1.807) is 11.8 Å². The Hall–Kier alpha value is -2.99. The third-order valence-electron chi connectivity index (χ3n) is 4.21. The van der Waals surface area contributed by atoms with E-state index in [0.29, 0.717) is 19.0 Å². The second-order valence-corrected chi connectivity index (χ2v) is 6.47. The number of aromatic nitrogens is 3. The van der Waals surface area contributed by atoms with Gasteiger partial charge in [0.05, 0.1) is 5.69 Å². The Morgan fingerprint density at radius 2 is 1.67 bits per heavy atom. The second kappa shape index (κ2) is 8.60. The first-order chi connectivity index (χ1) is 13.1. The molecule has 6 nitrogen and oxygen atoms in total. The summed E-state index contributed by atoms with van der Waals surface area (Å²) in [5.41, 5.74) is 4.09. The molecule has 0 spiro atoms. The Morgan fingerprint density at radius 1 is 1.04 bits per heavy atom. The minimum absolute atomic E-state index is 0.156. The molecule has 1 N–H and O–H groups in total. The van der Waals surface area contributed by atoms with Gasteiger partial charge in [-0.25, -0.2) is 9.67 Å². The van der Waals surface area contributed by atoms with Crippen LogP contribution in [0.3, 0.4) is 0 Å². The van der Waals surface area contributed by atoms with Crippen molar-refractivity contribution in [1.29, 1.82) is 0 Å². The summed E-state index contributed by atoms with van der Waals surface area (Å²) in [5, 5.41) is 7.31. The zero-order valence-corrected chi connectivity index (χ0v) is 15.9. The molecule has 1 heterocycles. The standard InChI is InChI=1S/C21H24N4O2/c1-15-5-9-17(10-6-15)20-23-19(21(26)22-13-4-14-27-3)24-25(20)18-11-7-16(2)8-12-18/h5-12H,4,13-14H2,1-3H3,(H,22,26). The monoisotopic (exact) mass is 364 g/mol. The second-order valence-electron chi connectivity index (χ2n) is 6.47. The van der Waals surface area contributed by atoms with Crippen LogP contribution in [0.1, 0.15) is 28.2 Å². The maximum absolute atomic E-state index is 12.5. The third-order valence-corrected chi connectivity index (χ3v) is 4.21. The highest BCUT2D eigenvalue weighted by molar-refractivity contribution is 5.91. The number of ether oxygens (including phenoxy) is 1. The van der Waals surface area contributed by atoms with Crippen LogP contribution in [0.2, 0.25) is 0 Å². The fraction of sp³-hybridized carbons (Fsp3) is 0.286. The number of amides is 1. The molecule has 0 atom stereocenters. The molecule has 1 amide bonds. The van der Waals surface area contributed by atoms with Crippen molar-refractivity contribution in [3.05, 3.63) is 65.5 Å². The molecule has 0 bridgehead atoms. The van der Waals surface area contributed by atoms with E-state index in [2.05, 4.69) is 15.4 Å². The van der Waals surface area contributed by atoms with Crippen LogP contribution >= 0.6 is 0 Å². The first-order valence-corrected chi connectivity index (χ1v) is 8.97. The summed E-state index contributed by atoms with van der Waals surface area (Å²) in [4.78, 5) is 17.0. The van der Waals surface area contributed by atoms with Crippen LogP contribution in [0.4, 0.5) is 0 Å². The van der Waals surface area contributed by atoms with Gasteiger partial charge in [-0.2, -0.15) is 0 Å². The molecule has 140 valence electrons. The van der Waals surface area contributed by atoms with Crippen molar-refractivity contribution < 1.29 is 9.53 Å². The Morgan fingerprint density at radius 3 is 2.30 bits per heavy atom. The predicted octanol–water partition coefficient (Wildman–Crippen LogP) is 3.32. The number of rotatable bonds is 7. The van der Waals surface area contributed by atoms with Gasteiger partial charge in [0, 0.05) is 25.8 Å². The molecule has 1 aromatic heterocycles. The van der Waals surface area contributed by atoms with Gasteiger partial charge in [-0.1, -0.05) is 47.5 Å². The number of methoxy groups -OCH3 is 1. The highest BCUT2D eigenvalue weighted by Gasteiger charge is 2.18. The number of hydrogen-bond donors (Lipinski definition) is 1. The summed E-state index contributed by atoms with van der Waals surface area (Å²) in [6.45, 7) is 5.18. The van der Waals surface area contributed by atoms with Crippen molar-refractivity contribution in [3.63, 3.8) is 0 Å². The van der Waals surface area contributed by atoms with Crippen LogP contribution in [0.5, 0.6) is 0 Å². The van der Waals surface area contributed by atoms with Gasteiger partial charge in [-0.15, -0.1) is 5.10 Å². The highest BCUT2D eigenvalue weighted by Crippen LogP contribution is 2.22. The van der Waals surface area contributed by atoms with Crippen molar-refractivity contribution in [2.24, 2.45) is 0 Å². The largest absolute Gasteiger partial charge is 0.385 e. The summed E-state index contributed by atoms with van der Waals surface area (Å²) in [6, 6.07) is 16.0. The number of carbonyl (C=O) groups excluding carboxylic acids is 1. The smallest absolute Gasteiger partial charge is 0.290 e. The van der Waals surface area contributed by atoms with Crippen LogP contribution in [0, 0.1) is 13.8 Å². The lowest BCUT2D eigenvalue weighted by Gasteiger charge is -2.06. The Kier molecular flexibility index (Phi) is 5.98. The topological polar surface area (TPSA) is 69.0 Å². The molecule has 6 heteroatoms. The molecule has 3 aromatic rings. The van der Waals surface area contributed by atoms with Gasteiger partial charge in [0.2, 0.25) is 5.82 Å². The lowest BCUT2D eigenvalue weighted by atomic mass is 10.1. The average Bonchev–Trinajstić information content (AvgIpc) is 3.12. The zero-order valence-electron chi connectivity index (χ0n) is 15.9. The molecule has 0 aliphatic carbocycles. The molecule has 0 aliphatic heterocycles. The number of hydrogen-bond acceptors (Lipinski definition) is 4. The fourth-order valence-corrected chi connectivity index (χ4v) is 2.66. The molecule has 0 unspecified atom stereocenters. The van der Waals surface area contributed by atoms with Crippen molar-refractivity contribution in [2.75, 3.05) is 20.3 Å². The first-order valence-electron chi connectivity index (χ1n) is 8.97. The van der Waals surface area contributed by atoms with Gasteiger partial charge in [-0.05, 0) is 32.4 Å². The van der Waals surface area contributed by atoms with Crippen LogP contribution in [0.25, 0.3) is 17.1 Å². The lowest BCUT2D eigenvalue weighted by molar-refractivity contribution is 0.0938. The maximum atomic E-state index is 12.5. The third kappa shape index (κ3) is 4.60. The normalized spacial score (nSPS) is 10.8. The van der Waals surface area contributed by atoms with Crippen LogP contribution < -0.4 is 5.32 Å². The summed E-state index contributed by atoms with van der Waals surface area (Å²) in [5.74, 6) is 0.509. The van der Waals surface area contributed by atoms with Crippen molar-refractivity contribution in [1.82, 2.24) is 20.1 Å². The average molecular weight is 364 g/mol. The van der Waals surface area contributed by atoms with E-state index < -0.39 is 0 Å². The van der Waals surface area contributed by atoms with Crippen LogP contribution in [-0.2, 0) is 4.74 Å². The summed E-state index contributed by atoms with van der Waals surface area (Å²) in [7, 11) is 1.64. The van der Waals surface area contributed by atoms with Gasteiger partial charge < -0.3 is 10.1 Å². The lowest BCUT2D eigenvalue weighted by Crippen LogP contribution is -2.26. The molecule has 2 aromatic carbocycles. The van der Waals surface area contributed by atoms with Crippen molar-refractivity contribution in [3.8, 4) is 17.1 Å². The van der Waals surface area contributed by atoms with E-state index in [1.807, 2.05) is 62.4 Å². The quantitative estimate of drug-likeness (QED) is 0.653. The minimum Gasteiger partial charge on any atom is -0.385 e. The van der Waals surface area contributed by atoms with E-state index in [1.165, 1.54) is 0 Å². The first kappa shape index (κ1) is 18.8. The molecule has 0 radical (unpaired) electrons. The predicted molar refractivity (Wildman–Crippen MR) is 105 cm³/mol. The molecular weight excluding hydrogens is 340 g/mol. The minimum atomic E-state index is -0.287. The molecule has 0 aliphatic rings. The van der Waals surface area contributed by atoms with E-state index in [9.17, 15) is 4.79 Å². The molecular formula is C21H24N4O2. The van der Waals surface area contributed by atoms with Gasteiger partial charge in [0.1, 0.15) is 0 Å². The SMILES string of the molecule is COCCCNC(=O)c1nc(-c2ccc(C)cc2)n(-c2ccc(C)cc2)n1. The van der Waals surface area contributed by atoms with Crippen molar-refractivity contribution >= 4 is 5.91 Å². The summed E-state index contributed by atoms with van der Waals surface area (Å²) in [6.07, 6.45) is 0.742. The number of nitrogens with one attached hydrogen (secondary N) is 1. The molecule has 3 rings (SSSR count). The molecule has 0 fully saturated rings. The number of carbonyl (C=O) groups is 1. The summed E-state index contributed by atoms with van der Waals surface area (Å²) < 4.78 is 6.72. The van der Waals surface area contributed by atoms with Crippen LogP contribution in [-0.4, -0.2) is 40.9 Å². The molecule has 27 heavy (non-hydrogen) atoms. The van der Waals surface area contributed by atoms with Gasteiger partial charge in [-0.3, -0.25) is 4.79 Å². The number of aryl methyl sites for hydroxylation is 2.